The van der Waals surface area contributed by atoms with Gasteiger partial charge in [0.25, 0.3) is 5.91 Å². The normalized spacial score (nSPS) is 21.1. The van der Waals surface area contributed by atoms with Crippen molar-refractivity contribution in [1.29, 1.82) is 0 Å². The fraction of sp³-hybridized carbons (Fsp3) is 0.556. The minimum Gasteiger partial charge on any atom is -0.339 e. The van der Waals surface area contributed by atoms with Crippen LogP contribution in [-0.2, 0) is 4.79 Å². The molecule has 2 aliphatic rings. The zero-order valence-corrected chi connectivity index (χ0v) is 14.6. The van der Waals surface area contributed by atoms with Gasteiger partial charge in [0.2, 0.25) is 5.91 Å². The van der Waals surface area contributed by atoms with Gasteiger partial charge in [0, 0.05) is 43.2 Å². The Morgan fingerprint density at radius 2 is 1.75 bits per heavy atom. The van der Waals surface area contributed by atoms with Crippen LogP contribution in [0.15, 0.2) is 24.3 Å². The Morgan fingerprint density at radius 3 is 2.38 bits per heavy atom. The number of amides is 2. The first-order chi connectivity index (χ1) is 11.6. The van der Waals surface area contributed by atoms with Crippen molar-refractivity contribution in [2.24, 2.45) is 5.92 Å². The molecule has 24 heavy (non-hydrogen) atoms. The summed E-state index contributed by atoms with van der Waals surface area (Å²) in [6, 6.07) is 6.95. The number of halogens is 1. The van der Waals surface area contributed by atoms with Crippen molar-refractivity contribution >= 4 is 23.4 Å². The van der Waals surface area contributed by atoms with Crippen LogP contribution in [0.25, 0.3) is 0 Å². The third-order valence-corrected chi connectivity index (χ3v) is 5.19. The van der Waals surface area contributed by atoms with E-state index in [0.29, 0.717) is 49.1 Å². The molecular formula is C18H24ClN3O2. The van der Waals surface area contributed by atoms with Gasteiger partial charge in [0.05, 0.1) is 0 Å². The number of carbonyl (C=O) groups is 2. The van der Waals surface area contributed by atoms with Crippen LogP contribution in [0.1, 0.15) is 29.6 Å². The molecular weight excluding hydrogens is 326 g/mol. The Balaban J connectivity index is 1.45. The molecule has 1 unspecified atom stereocenters. The summed E-state index contributed by atoms with van der Waals surface area (Å²) in [5, 5.41) is 3.96. The van der Waals surface area contributed by atoms with E-state index in [2.05, 4.69) is 5.32 Å². The van der Waals surface area contributed by atoms with Gasteiger partial charge in [-0.1, -0.05) is 11.6 Å². The van der Waals surface area contributed by atoms with E-state index in [4.69, 9.17) is 11.6 Å². The summed E-state index contributed by atoms with van der Waals surface area (Å²) in [6.45, 7) is 4.56. The molecule has 3 rings (SSSR count). The smallest absolute Gasteiger partial charge is 0.253 e. The lowest BCUT2D eigenvalue weighted by molar-refractivity contribution is -0.132. The zero-order valence-electron chi connectivity index (χ0n) is 13.8. The van der Waals surface area contributed by atoms with E-state index in [-0.39, 0.29) is 11.8 Å². The lowest BCUT2D eigenvalue weighted by Crippen LogP contribution is -2.50. The Bertz CT molecular complexity index is 576. The van der Waals surface area contributed by atoms with Crippen molar-refractivity contribution in [3.63, 3.8) is 0 Å². The fourth-order valence-corrected chi connectivity index (χ4v) is 3.51. The van der Waals surface area contributed by atoms with E-state index in [9.17, 15) is 9.59 Å². The highest BCUT2D eigenvalue weighted by Gasteiger charge is 2.25. The van der Waals surface area contributed by atoms with Gasteiger partial charge in [-0.25, -0.2) is 0 Å². The quantitative estimate of drug-likeness (QED) is 0.904. The summed E-state index contributed by atoms with van der Waals surface area (Å²) in [5.74, 6) is 0.873. The molecule has 0 aliphatic carbocycles. The molecule has 2 fully saturated rings. The number of rotatable bonds is 4. The van der Waals surface area contributed by atoms with Gasteiger partial charge in [-0.05, 0) is 56.1 Å². The van der Waals surface area contributed by atoms with Crippen LogP contribution in [0.3, 0.4) is 0 Å². The van der Waals surface area contributed by atoms with Crippen molar-refractivity contribution < 1.29 is 9.59 Å². The molecule has 2 amide bonds. The third-order valence-electron chi connectivity index (χ3n) is 4.94. The molecule has 6 heteroatoms. The first-order valence-electron chi connectivity index (χ1n) is 8.67. The highest BCUT2D eigenvalue weighted by Crippen LogP contribution is 2.17. The molecule has 1 aromatic rings. The Labute approximate surface area is 147 Å². The Hall–Kier alpha value is -1.59. The number of nitrogens with zero attached hydrogens (tertiary/aromatic N) is 2. The minimum atomic E-state index is 0.01000. The lowest BCUT2D eigenvalue weighted by Gasteiger charge is -2.35. The first kappa shape index (κ1) is 17.2. The molecule has 1 atom stereocenters. The standard InChI is InChI=1S/C18H24ClN3O2/c19-16-4-2-15(3-5-16)18(24)22-11-9-21(10-12-22)17(23)6-1-14-7-8-20-13-14/h2-5,14,20H,1,6-13H2. The van der Waals surface area contributed by atoms with Gasteiger partial charge in [-0.2, -0.15) is 0 Å². The number of hydrogen-bond donors (Lipinski definition) is 1. The molecule has 5 nitrogen and oxygen atoms in total. The second-order valence-corrected chi connectivity index (χ2v) is 7.01. The van der Waals surface area contributed by atoms with Crippen LogP contribution < -0.4 is 5.32 Å². The number of carbonyl (C=O) groups excluding carboxylic acids is 2. The summed E-state index contributed by atoms with van der Waals surface area (Å²) >= 11 is 5.86. The van der Waals surface area contributed by atoms with Gasteiger partial charge in [0.1, 0.15) is 0 Å². The predicted octanol–water partition coefficient (Wildman–Crippen LogP) is 2.01. The minimum absolute atomic E-state index is 0.01000. The van der Waals surface area contributed by atoms with Gasteiger partial charge in [-0.3, -0.25) is 9.59 Å². The number of hydrogen-bond acceptors (Lipinski definition) is 3. The highest BCUT2D eigenvalue weighted by molar-refractivity contribution is 6.30. The summed E-state index contributed by atoms with van der Waals surface area (Å²) < 4.78 is 0. The average molecular weight is 350 g/mol. The summed E-state index contributed by atoms with van der Waals surface area (Å²) in [6.07, 6.45) is 2.77. The monoisotopic (exact) mass is 349 g/mol. The number of piperazine rings is 1. The molecule has 2 aliphatic heterocycles. The summed E-state index contributed by atoms with van der Waals surface area (Å²) in [4.78, 5) is 28.5. The maximum Gasteiger partial charge on any atom is 0.253 e. The van der Waals surface area contributed by atoms with Crippen molar-refractivity contribution in [2.75, 3.05) is 39.3 Å². The van der Waals surface area contributed by atoms with Crippen LogP contribution in [0, 0.1) is 5.92 Å². The predicted molar refractivity (Wildman–Crippen MR) is 94.1 cm³/mol. The molecule has 0 saturated carbocycles. The SMILES string of the molecule is O=C(CCC1CCNC1)N1CCN(C(=O)c2ccc(Cl)cc2)CC1. The van der Waals surface area contributed by atoms with Crippen molar-refractivity contribution in [3.05, 3.63) is 34.9 Å². The third kappa shape index (κ3) is 4.28. The molecule has 0 bridgehead atoms. The largest absolute Gasteiger partial charge is 0.339 e. The van der Waals surface area contributed by atoms with E-state index in [1.165, 1.54) is 6.42 Å². The van der Waals surface area contributed by atoms with E-state index in [1.54, 1.807) is 24.3 Å². The van der Waals surface area contributed by atoms with Gasteiger partial charge < -0.3 is 15.1 Å². The summed E-state index contributed by atoms with van der Waals surface area (Å²) in [7, 11) is 0. The van der Waals surface area contributed by atoms with Gasteiger partial charge in [0.15, 0.2) is 0 Å². The first-order valence-corrected chi connectivity index (χ1v) is 9.04. The van der Waals surface area contributed by atoms with Crippen molar-refractivity contribution in [2.45, 2.75) is 19.3 Å². The molecule has 0 radical (unpaired) electrons. The van der Waals surface area contributed by atoms with Crippen LogP contribution >= 0.6 is 11.6 Å². The molecule has 0 spiro atoms. The average Bonchev–Trinajstić information content (AvgIpc) is 3.13. The zero-order chi connectivity index (χ0) is 16.9. The van der Waals surface area contributed by atoms with Gasteiger partial charge in [-0.15, -0.1) is 0 Å². The van der Waals surface area contributed by atoms with Crippen LogP contribution in [0.2, 0.25) is 5.02 Å². The second-order valence-electron chi connectivity index (χ2n) is 6.58. The lowest BCUT2D eigenvalue weighted by atomic mass is 10.0. The van der Waals surface area contributed by atoms with E-state index in [1.807, 2.05) is 9.80 Å². The maximum absolute atomic E-state index is 12.5. The van der Waals surface area contributed by atoms with Crippen molar-refractivity contribution in [1.82, 2.24) is 15.1 Å². The van der Waals surface area contributed by atoms with E-state index >= 15 is 0 Å². The Kier molecular flexibility index (Phi) is 5.74. The van der Waals surface area contributed by atoms with E-state index < -0.39 is 0 Å². The Morgan fingerprint density at radius 1 is 1.08 bits per heavy atom. The topological polar surface area (TPSA) is 52.7 Å². The van der Waals surface area contributed by atoms with Crippen LogP contribution in [0.4, 0.5) is 0 Å². The molecule has 1 aromatic carbocycles. The van der Waals surface area contributed by atoms with Crippen LogP contribution in [-0.4, -0.2) is 60.9 Å². The van der Waals surface area contributed by atoms with Crippen LogP contribution in [0.5, 0.6) is 0 Å². The number of benzene rings is 1. The highest BCUT2D eigenvalue weighted by atomic mass is 35.5. The summed E-state index contributed by atoms with van der Waals surface area (Å²) in [5.41, 5.74) is 0.646. The van der Waals surface area contributed by atoms with Gasteiger partial charge >= 0.3 is 0 Å². The van der Waals surface area contributed by atoms with Crippen molar-refractivity contribution in [3.8, 4) is 0 Å². The molecule has 2 heterocycles. The molecule has 0 aromatic heterocycles. The van der Waals surface area contributed by atoms with E-state index in [0.717, 1.165) is 19.5 Å². The second kappa shape index (κ2) is 7.99. The maximum atomic E-state index is 12.5. The molecule has 130 valence electrons. The molecule has 2 saturated heterocycles. The number of nitrogens with one attached hydrogen (secondary N) is 1. The fourth-order valence-electron chi connectivity index (χ4n) is 3.38. The molecule has 1 N–H and O–H groups in total.